The molecule has 0 aliphatic carbocycles. The molecule has 1 N–H and O–H groups in total. The Morgan fingerprint density at radius 3 is 2.67 bits per heavy atom. The lowest BCUT2D eigenvalue weighted by Crippen LogP contribution is -2.09. The van der Waals surface area contributed by atoms with Crippen molar-refractivity contribution in [2.75, 3.05) is 13.2 Å². The van der Waals surface area contributed by atoms with E-state index in [2.05, 4.69) is 0 Å². The molecule has 2 nitrogen and oxygen atoms in total. The largest absolute Gasteiger partial charge is 0.386 e. The van der Waals surface area contributed by atoms with Crippen LogP contribution in [0, 0.1) is 11.6 Å². The van der Waals surface area contributed by atoms with Crippen LogP contribution in [0.4, 0.5) is 8.78 Å². The van der Waals surface area contributed by atoms with Crippen molar-refractivity contribution in [1.29, 1.82) is 0 Å². The number of benzene rings is 1. The third kappa shape index (κ3) is 3.12. The van der Waals surface area contributed by atoms with E-state index in [9.17, 15) is 13.9 Å². The molecule has 0 fully saturated rings. The van der Waals surface area contributed by atoms with Gasteiger partial charge in [-0.2, -0.15) is 0 Å². The Hall–Kier alpha value is -0.710. The lowest BCUT2D eigenvalue weighted by molar-refractivity contribution is 0.0400. The maximum Gasteiger partial charge on any atom is 0.142 e. The van der Waals surface area contributed by atoms with Crippen molar-refractivity contribution < 1.29 is 18.6 Å². The van der Waals surface area contributed by atoms with Gasteiger partial charge in [-0.05, 0) is 19.1 Å². The third-order valence-corrected chi connectivity index (χ3v) is 2.17. The van der Waals surface area contributed by atoms with Crippen LogP contribution >= 0.6 is 11.6 Å². The molecule has 0 aromatic heterocycles. The smallest absolute Gasteiger partial charge is 0.142 e. The fourth-order valence-corrected chi connectivity index (χ4v) is 1.26. The molecule has 1 aromatic rings. The maximum atomic E-state index is 13.2. The summed E-state index contributed by atoms with van der Waals surface area (Å²) in [6, 6.07) is 1.71. The second-order valence-electron chi connectivity index (χ2n) is 2.96. The van der Waals surface area contributed by atoms with E-state index in [0.29, 0.717) is 6.61 Å². The van der Waals surface area contributed by atoms with Gasteiger partial charge in [-0.25, -0.2) is 8.78 Å². The van der Waals surface area contributed by atoms with Crippen molar-refractivity contribution >= 4 is 11.6 Å². The first-order valence-electron chi connectivity index (χ1n) is 4.46. The van der Waals surface area contributed by atoms with Crippen molar-refractivity contribution in [2.24, 2.45) is 0 Å². The number of aliphatic hydroxyl groups excluding tert-OH is 1. The van der Waals surface area contributed by atoms with Gasteiger partial charge in [0.05, 0.1) is 11.6 Å². The summed E-state index contributed by atoms with van der Waals surface area (Å²) in [5, 5.41) is 9.17. The van der Waals surface area contributed by atoms with Crippen LogP contribution in [0.2, 0.25) is 5.02 Å². The Balaban J connectivity index is 2.88. The quantitative estimate of drug-likeness (QED) is 0.815. The van der Waals surface area contributed by atoms with Crippen molar-refractivity contribution in [1.82, 2.24) is 0 Å². The average Bonchev–Trinajstić information content (AvgIpc) is 2.20. The van der Waals surface area contributed by atoms with Gasteiger partial charge in [0, 0.05) is 12.2 Å². The van der Waals surface area contributed by atoms with Gasteiger partial charge in [-0.3, -0.25) is 0 Å². The van der Waals surface area contributed by atoms with Crippen molar-refractivity contribution in [3.63, 3.8) is 0 Å². The molecule has 1 rings (SSSR count). The van der Waals surface area contributed by atoms with Crippen LogP contribution < -0.4 is 0 Å². The van der Waals surface area contributed by atoms with Crippen LogP contribution in [0.25, 0.3) is 0 Å². The average molecular weight is 237 g/mol. The molecule has 5 heteroatoms. The minimum absolute atomic E-state index is 0.0749. The Kier molecular flexibility index (Phi) is 4.45. The molecule has 0 spiro atoms. The van der Waals surface area contributed by atoms with Gasteiger partial charge in [0.2, 0.25) is 0 Å². The Bertz CT molecular complexity index is 344. The van der Waals surface area contributed by atoms with Gasteiger partial charge in [0.25, 0.3) is 0 Å². The van der Waals surface area contributed by atoms with Crippen molar-refractivity contribution in [3.05, 3.63) is 34.4 Å². The molecule has 0 aliphatic heterocycles. The van der Waals surface area contributed by atoms with Gasteiger partial charge in [0.15, 0.2) is 0 Å². The molecular formula is C10H11ClF2O2. The number of halogens is 3. The minimum atomic E-state index is -1.18. The predicted molar refractivity (Wildman–Crippen MR) is 52.8 cm³/mol. The van der Waals surface area contributed by atoms with Crippen LogP contribution in [0.15, 0.2) is 12.1 Å². The molecule has 84 valence electrons. The van der Waals surface area contributed by atoms with Crippen LogP contribution in [0.5, 0.6) is 0 Å². The molecule has 1 unspecified atom stereocenters. The highest BCUT2D eigenvalue weighted by Gasteiger charge is 2.15. The number of hydrogen-bond donors (Lipinski definition) is 1. The molecule has 0 aliphatic rings. The predicted octanol–water partition coefficient (Wildman–Crippen LogP) is 2.69. The molecular weight excluding hydrogens is 226 g/mol. The Labute approximate surface area is 91.4 Å². The highest BCUT2D eigenvalue weighted by Crippen LogP contribution is 2.24. The first-order valence-corrected chi connectivity index (χ1v) is 4.84. The summed E-state index contributed by atoms with van der Waals surface area (Å²) in [6.07, 6.45) is -1.18. The summed E-state index contributed by atoms with van der Waals surface area (Å²) in [7, 11) is 0. The van der Waals surface area contributed by atoms with E-state index in [1.807, 2.05) is 0 Å². The van der Waals surface area contributed by atoms with Crippen molar-refractivity contribution in [2.45, 2.75) is 13.0 Å². The molecule has 15 heavy (non-hydrogen) atoms. The Morgan fingerprint density at radius 2 is 2.07 bits per heavy atom. The zero-order valence-electron chi connectivity index (χ0n) is 8.14. The van der Waals surface area contributed by atoms with Gasteiger partial charge in [-0.1, -0.05) is 11.6 Å². The summed E-state index contributed by atoms with van der Waals surface area (Å²) in [4.78, 5) is 0. The number of aliphatic hydroxyl groups is 1. The SMILES string of the molecule is CCOCC(O)c1cc(F)c(Cl)cc1F. The van der Waals surface area contributed by atoms with Crippen molar-refractivity contribution in [3.8, 4) is 0 Å². The molecule has 0 radical (unpaired) electrons. The Morgan fingerprint density at radius 1 is 1.40 bits per heavy atom. The standard InChI is InChI=1S/C10H11ClF2O2/c1-2-15-5-10(14)6-3-9(13)7(11)4-8(6)12/h3-4,10,14H,2,5H2,1H3. The highest BCUT2D eigenvalue weighted by atomic mass is 35.5. The summed E-state index contributed by atoms with van der Waals surface area (Å²) in [5.41, 5.74) is -0.148. The number of ether oxygens (including phenoxy) is 1. The van der Waals surface area contributed by atoms with Gasteiger partial charge >= 0.3 is 0 Å². The summed E-state index contributed by atoms with van der Waals surface area (Å²) in [6.45, 7) is 2.06. The fraction of sp³-hybridized carbons (Fsp3) is 0.400. The van der Waals surface area contributed by atoms with E-state index in [4.69, 9.17) is 16.3 Å². The number of hydrogen-bond acceptors (Lipinski definition) is 2. The van der Waals surface area contributed by atoms with Crippen LogP contribution in [-0.4, -0.2) is 18.3 Å². The second kappa shape index (κ2) is 5.39. The third-order valence-electron chi connectivity index (χ3n) is 1.88. The molecule has 1 atom stereocenters. The normalized spacial score (nSPS) is 12.9. The number of rotatable bonds is 4. The first kappa shape index (κ1) is 12.4. The molecule has 0 amide bonds. The maximum absolute atomic E-state index is 13.2. The van der Waals surface area contributed by atoms with Crippen LogP contribution in [0.1, 0.15) is 18.6 Å². The highest BCUT2D eigenvalue weighted by molar-refractivity contribution is 6.30. The second-order valence-corrected chi connectivity index (χ2v) is 3.37. The van der Waals surface area contributed by atoms with E-state index in [0.717, 1.165) is 12.1 Å². The van der Waals surface area contributed by atoms with E-state index in [-0.39, 0.29) is 17.2 Å². The van der Waals surface area contributed by atoms with E-state index in [1.54, 1.807) is 6.92 Å². The van der Waals surface area contributed by atoms with E-state index < -0.39 is 17.7 Å². The van der Waals surface area contributed by atoms with Gasteiger partial charge in [-0.15, -0.1) is 0 Å². The zero-order chi connectivity index (χ0) is 11.4. The summed E-state index contributed by atoms with van der Waals surface area (Å²) in [5.74, 6) is -1.50. The minimum Gasteiger partial charge on any atom is -0.386 e. The van der Waals surface area contributed by atoms with Gasteiger partial charge in [0.1, 0.15) is 17.7 Å². The summed E-state index contributed by atoms with van der Waals surface area (Å²) >= 11 is 5.37. The van der Waals surface area contributed by atoms with Gasteiger partial charge < -0.3 is 9.84 Å². The van der Waals surface area contributed by atoms with E-state index in [1.165, 1.54) is 0 Å². The van der Waals surface area contributed by atoms with Crippen LogP contribution in [-0.2, 0) is 4.74 Å². The summed E-state index contributed by atoms with van der Waals surface area (Å²) < 4.78 is 31.1. The topological polar surface area (TPSA) is 29.5 Å². The molecule has 0 heterocycles. The first-order chi connectivity index (χ1) is 7.06. The monoisotopic (exact) mass is 236 g/mol. The lowest BCUT2D eigenvalue weighted by atomic mass is 10.1. The molecule has 0 saturated heterocycles. The molecule has 0 bridgehead atoms. The van der Waals surface area contributed by atoms with E-state index >= 15 is 0 Å². The van der Waals surface area contributed by atoms with Crippen LogP contribution in [0.3, 0.4) is 0 Å². The zero-order valence-corrected chi connectivity index (χ0v) is 8.89. The lowest BCUT2D eigenvalue weighted by Gasteiger charge is -2.12. The molecule has 0 saturated carbocycles. The fourth-order valence-electron chi connectivity index (χ4n) is 1.11. The molecule has 1 aromatic carbocycles.